The van der Waals surface area contributed by atoms with E-state index in [9.17, 15) is 9.59 Å². The molecule has 0 atom stereocenters. The van der Waals surface area contributed by atoms with Crippen LogP contribution in [-0.4, -0.2) is 40.6 Å². The predicted octanol–water partition coefficient (Wildman–Crippen LogP) is 1.64. The van der Waals surface area contributed by atoms with Crippen LogP contribution in [0.25, 0.3) is 0 Å². The Morgan fingerprint density at radius 1 is 1.50 bits per heavy atom. The Morgan fingerprint density at radius 3 is 2.62 bits per heavy atom. The number of nitrogens with zero attached hydrogens (tertiary/aromatic N) is 1. The molecule has 1 aliphatic heterocycles. The lowest BCUT2D eigenvalue weighted by atomic mass is 10.1. The van der Waals surface area contributed by atoms with Crippen molar-refractivity contribution in [3.63, 3.8) is 0 Å². The van der Waals surface area contributed by atoms with Crippen LogP contribution in [0, 0.1) is 0 Å². The van der Waals surface area contributed by atoms with Crippen molar-refractivity contribution < 1.29 is 19.4 Å². The van der Waals surface area contributed by atoms with E-state index in [2.05, 4.69) is 0 Å². The molecule has 1 amide bonds. The van der Waals surface area contributed by atoms with Crippen LogP contribution >= 0.6 is 0 Å². The largest absolute Gasteiger partial charge is 0.515 e. The van der Waals surface area contributed by atoms with Gasteiger partial charge in [0.25, 0.3) is 0 Å². The van der Waals surface area contributed by atoms with Crippen molar-refractivity contribution in [2.75, 3.05) is 13.1 Å². The molecule has 1 aliphatic rings. The molecule has 1 fully saturated rings. The standard InChI is InChI=1S/C11H17NO4/c1-11(2,3)16-10(15)12-5-4-9(14)8(6-12)7-13/h7,13H,4-6H2,1-3H3/b8-7-. The fraction of sp³-hybridized carbons (Fsp3) is 0.636. The Labute approximate surface area is 94.7 Å². The number of aliphatic hydroxyl groups excluding tert-OH is 1. The average molecular weight is 227 g/mol. The summed E-state index contributed by atoms with van der Waals surface area (Å²) in [4.78, 5) is 24.3. The van der Waals surface area contributed by atoms with Gasteiger partial charge in [0, 0.05) is 18.5 Å². The zero-order chi connectivity index (χ0) is 12.3. The van der Waals surface area contributed by atoms with Crippen LogP contribution < -0.4 is 0 Å². The van der Waals surface area contributed by atoms with Crippen molar-refractivity contribution in [2.45, 2.75) is 32.8 Å². The number of carbonyl (C=O) groups is 2. The molecule has 0 aliphatic carbocycles. The number of piperidine rings is 1. The Bertz CT molecular complexity index is 327. The first-order valence-electron chi connectivity index (χ1n) is 5.18. The van der Waals surface area contributed by atoms with Gasteiger partial charge in [0.15, 0.2) is 5.78 Å². The molecule has 1 heterocycles. The number of hydrogen-bond donors (Lipinski definition) is 1. The van der Waals surface area contributed by atoms with Crippen LogP contribution in [-0.2, 0) is 9.53 Å². The summed E-state index contributed by atoms with van der Waals surface area (Å²) in [5.41, 5.74) is -0.307. The first-order chi connectivity index (χ1) is 7.33. The maximum Gasteiger partial charge on any atom is 0.410 e. The zero-order valence-electron chi connectivity index (χ0n) is 9.82. The number of Topliss-reactive ketones (excluding diaryl/α,β-unsaturated/α-hetero) is 1. The summed E-state index contributed by atoms with van der Waals surface area (Å²) in [6.45, 7) is 5.80. The molecule has 0 aromatic rings. The number of ketones is 1. The van der Waals surface area contributed by atoms with Crippen molar-refractivity contribution in [1.29, 1.82) is 0 Å². The van der Waals surface area contributed by atoms with E-state index < -0.39 is 11.7 Å². The number of rotatable bonds is 0. The summed E-state index contributed by atoms with van der Waals surface area (Å²) in [6, 6.07) is 0. The molecular weight excluding hydrogens is 210 g/mol. The summed E-state index contributed by atoms with van der Waals surface area (Å²) in [7, 11) is 0. The van der Waals surface area contributed by atoms with Gasteiger partial charge in [0.1, 0.15) is 5.60 Å². The highest BCUT2D eigenvalue weighted by Crippen LogP contribution is 2.16. The summed E-state index contributed by atoms with van der Waals surface area (Å²) < 4.78 is 5.17. The maximum atomic E-state index is 11.7. The van der Waals surface area contributed by atoms with E-state index in [1.165, 1.54) is 4.90 Å². The highest BCUT2D eigenvalue weighted by atomic mass is 16.6. The normalized spacial score (nSPS) is 20.1. The van der Waals surface area contributed by atoms with E-state index in [0.29, 0.717) is 6.54 Å². The van der Waals surface area contributed by atoms with E-state index in [-0.39, 0.29) is 24.3 Å². The van der Waals surface area contributed by atoms with E-state index >= 15 is 0 Å². The van der Waals surface area contributed by atoms with Crippen LogP contribution in [0.2, 0.25) is 0 Å². The van der Waals surface area contributed by atoms with E-state index in [4.69, 9.17) is 9.84 Å². The summed E-state index contributed by atoms with van der Waals surface area (Å²) >= 11 is 0. The second kappa shape index (κ2) is 4.55. The fourth-order valence-corrected chi connectivity index (χ4v) is 1.37. The third-order valence-electron chi connectivity index (χ3n) is 2.14. The van der Waals surface area contributed by atoms with Crippen molar-refractivity contribution in [1.82, 2.24) is 4.90 Å². The van der Waals surface area contributed by atoms with Crippen molar-refractivity contribution in [3.05, 3.63) is 11.8 Å². The van der Waals surface area contributed by atoms with Crippen LogP contribution in [0.3, 0.4) is 0 Å². The van der Waals surface area contributed by atoms with Crippen LogP contribution in [0.5, 0.6) is 0 Å². The summed E-state index contributed by atoms with van der Waals surface area (Å²) in [5, 5.41) is 8.83. The number of likely N-dealkylation sites (tertiary alicyclic amines) is 1. The Balaban J connectivity index is 2.63. The fourth-order valence-electron chi connectivity index (χ4n) is 1.37. The molecule has 0 bridgehead atoms. The monoisotopic (exact) mass is 227 g/mol. The van der Waals surface area contributed by atoms with E-state index in [1.807, 2.05) is 0 Å². The van der Waals surface area contributed by atoms with Gasteiger partial charge < -0.3 is 14.7 Å². The zero-order valence-corrected chi connectivity index (χ0v) is 9.82. The van der Waals surface area contributed by atoms with Gasteiger partial charge in [-0.3, -0.25) is 4.79 Å². The third-order valence-corrected chi connectivity index (χ3v) is 2.14. The Kier molecular flexibility index (Phi) is 3.57. The highest BCUT2D eigenvalue weighted by molar-refractivity contribution is 5.97. The molecular formula is C11H17NO4. The van der Waals surface area contributed by atoms with Crippen LogP contribution in [0.4, 0.5) is 4.79 Å². The smallest absolute Gasteiger partial charge is 0.410 e. The van der Waals surface area contributed by atoms with Crippen molar-refractivity contribution in [3.8, 4) is 0 Å². The Hall–Kier alpha value is -1.52. The van der Waals surface area contributed by atoms with Gasteiger partial charge in [0.05, 0.1) is 12.8 Å². The number of carbonyl (C=O) groups excluding carboxylic acids is 2. The summed E-state index contributed by atoms with van der Waals surface area (Å²) in [5.74, 6) is -0.123. The Morgan fingerprint density at radius 2 is 2.12 bits per heavy atom. The molecule has 1 rings (SSSR count). The van der Waals surface area contributed by atoms with Gasteiger partial charge in [-0.1, -0.05) is 0 Å². The second-order valence-corrected chi connectivity index (χ2v) is 4.73. The van der Waals surface area contributed by atoms with Gasteiger partial charge in [-0.25, -0.2) is 4.79 Å². The van der Waals surface area contributed by atoms with Crippen LogP contribution in [0.1, 0.15) is 27.2 Å². The number of amides is 1. The maximum absolute atomic E-state index is 11.7. The highest BCUT2D eigenvalue weighted by Gasteiger charge is 2.28. The van der Waals surface area contributed by atoms with Crippen molar-refractivity contribution in [2.24, 2.45) is 0 Å². The SMILES string of the molecule is CC(C)(C)OC(=O)N1CCC(=O)/C(=C\O)C1. The number of hydrogen-bond acceptors (Lipinski definition) is 4. The van der Waals surface area contributed by atoms with E-state index in [1.54, 1.807) is 20.8 Å². The average Bonchev–Trinajstić information content (AvgIpc) is 2.15. The second-order valence-electron chi connectivity index (χ2n) is 4.73. The number of aliphatic hydroxyl groups is 1. The molecule has 0 unspecified atom stereocenters. The van der Waals surface area contributed by atoms with Crippen molar-refractivity contribution >= 4 is 11.9 Å². The molecule has 0 spiro atoms. The molecule has 0 saturated carbocycles. The van der Waals surface area contributed by atoms with Gasteiger partial charge in [-0.2, -0.15) is 0 Å². The van der Waals surface area contributed by atoms with Gasteiger partial charge >= 0.3 is 6.09 Å². The first kappa shape index (κ1) is 12.5. The quantitative estimate of drug-likeness (QED) is 0.504. The van der Waals surface area contributed by atoms with E-state index in [0.717, 1.165) is 6.26 Å². The lowest BCUT2D eigenvalue weighted by molar-refractivity contribution is -0.117. The summed E-state index contributed by atoms with van der Waals surface area (Å²) in [6.07, 6.45) is 0.532. The minimum atomic E-state index is -0.554. The first-order valence-corrected chi connectivity index (χ1v) is 5.18. The molecule has 0 aromatic heterocycles. The minimum Gasteiger partial charge on any atom is -0.515 e. The molecule has 0 aromatic carbocycles. The molecule has 5 nitrogen and oxygen atoms in total. The molecule has 16 heavy (non-hydrogen) atoms. The lowest BCUT2D eigenvalue weighted by Crippen LogP contribution is -2.43. The lowest BCUT2D eigenvalue weighted by Gasteiger charge is -2.30. The van der Waals surface area contributed by atoms with Gasteiger partial charge in [0.2, 0.25) is 0 Å². The van der Waals surface area contributed by atoms with Crippen LogP contribution in [0.15, 0.2) is 11.8 Å². The minimum absolute atomic E-state index is 0.115. The molecule has 0 radical (unpaired) electrons. The third kappa shape index (κ3) is 3.25. The van der Waals surface area contributed by atoms with Gasteiger partial charge in [-0.15, -0.1) is 0 Å². The van der Waals surface area contributed by atoms with Gasteiger partial charge in [-0.05, 0) is 20.8 Å². The molecule has 5 heteroatoms. The molecule has 90 valence electrons. The molecule has 1 saturated heterocycles. The topological polar surface area (TPSA) is 66.8 Å². The predicted molar refractivity (Wildman–Crippen MR) is 58.1 cm³/mol. The molecule has 1 N–H and O–H groups in total. The number of ether oxygens (including phenoxy) is 1.